The molecule has 1 heterocycles. The summed E-state index contributed by atoms with van der Waals surface area (Å²) in [6.45, 7) is 6.91. The van der Waals surface area contributed by atoms with Crippen molar-refractivity contribution in [3.8, 4) is 5.75 Å². The third-order valence-electron chi connectivity index (χ3n) is 4.83. The summed E-state index contributed by atoms with van der Waals surface area (Å²) in [5, 5.41) is 3.79. The van der Waals surface area contributed by atoms with Gasteiger partial charge in [0.15, 0.2) is 0 Å². The van der Waals surface area contributed by atoms with Crippen LogP contribution >= 0.6 is 15.9 Å². The molecule has 2 fully saturated rings. The second-order valence-electron chi connectivity index (χ2n) is 6.65. The highest BCUT2D eigenvalue weighted by atomic mass is 79.9. The van der Waals surface area contributed by atoms with Crippen molar-refractivity contribution in [1.82, 2.24) is 10.2 Å². The summed E-state index contributed by atoms with van der Waals surface area (Å²) in [4.78, 5) is 2.60. The second-order valence-corrected chi connectivity index (χ2v) is 7.51. The van der Waals surface area contributed by atoms with Crippen LogP contribution in [0.25, 0.3) is 0 Å². The van der Waals surface area contributed by atoms with E-state index in [1.165, 1.54) is 31.4 Å². The van der Waals surface area contributed by atoms with E-state index in [1.54, 1.807) is 7.11 Å². The summed E-state index contributed by atoms with van der Waals surface area (Å²) in [5.41, 5.74) is 1.66. The van der Waals surface area contributed by atoms with Gasteiger partial charge < -0.3 is 10.1 Å². The summed E-state index contributed by atoms with van der Waals surface area (Å²) in [5.74, 6) is 1.78. The molecular formula is C17H25BrN2O. The smallest absolute Gasteiger partial charge is 0.133 e. The number of ether oxygens (including phenoxy) is 1. The number of benzene rings is 1. The molecular weight excluding hydrogens is 328 g/mol. The lowest BCUT2D eigenvalue weighted by Gasteiger charge is -2.34. The van der Waals surface area contributed by atoms with Crippen molar-refractivity contribution in [1.29, 1.82) is 0 Å². The van der Waals surface area contributed by atoms with Crippen LogP contribution in [0, 0.1) is 5.92 Å². The average molecular weight is 353 g/mol. The maximum atomic E-state index is 5.31. The van der Waals surface area contributed by atoms with E-state index in [9.17, 15) is 0 Å². The monoisotopic (exact) mass is 352 g/mol. The van der Waals surface area contributed by atoms with Crippen molar-refractivity contribution in [2.45, 2.75) is 38.3 Å². The predicted molar refractivity (Wildman–Crippen MR) is 89.7 cm³/mol. The summed E-state index contributed by atoms with van der Waals surface area (Å²) in [7, 11) is 1.71. The lowest BCUT2D eigenvalue weighted by molar-refractivity contribution is 0.195. The highest BCUT2D eigenvalue weighted by molar-refractivity contribution is 9.10. The molecule has 0 spiro atoms. The van der Waals surface area contributed by atoms with Gasteiger partial charge in [-0.25, -0.2) is 0 Å². The molecule has 1 atom stereocenters. The average Bonchev–Trinajstić information content (AvgIpc) is 3.27. The molecule has 1 aromatic rings. The molecule has 1 aromatic carbocycles. The number of hydrogen-bond acceptors (Lipinski definition) is 3. The standard InChI is InChI=1S/C17H25BrN2O/c1-17(14-5-6-14)12-20(9-3-8-19-17)11-13-4-7-16(21-2)15(18)10-13/h4,7,10,14,19H,3,5-6,8-9,11-12H2,1-2H3. The van der Waals surface area contributed by atoms with E-state index in [0.717, 1.165) is 35.8 Å². The lowest BCUT2D eigenvalue weighted by atomic mass is 9.95. The first-order valence-electron chi connectivity index (χ1n) is 7.90. The van der Waals surface area contributed by atoms with Crippen LogP contribution < -0.4 is 10.1 Å². The van der Waals surface area contributed by atoms with Gasteiger partial charge in [0.1, 0.15) is 5.75 Å². The lowest BCUT2D eigenvalue weighted by Crippen LogP contribution is -2.50. The van der Waals surface area contributed by atoms with Crippen molar-refractivity contribution in [2.75, 3.05) is 26.7 Å². The van der Waals surface area contributed by atoms with Crippen LogP contribution in [0.3, 0.4) is 0 Å². The Morgan fingerprint density at radius 2 is 2.24 bits per heavy atom. The zero-order valence-corrected chi connectivity index (χ0v) is 14.6. The Labute approximate surface area is 136 Å². The molecule has 0 radical (unpaired) electrons. The van der Waals surface area contributed by atoms with Gasteiger partial charge in [0.2, 0.25) is 0 Å². The van der Waals surface area contributed by atoms with Crippen LogP contribution in [0.1, 0.15) is 31.7 Å². The molecule has 1 saturated carbocycles. The Balaban J connectivity index is 1.69. The van der Waals surface area contributed by atoms with Gasteiger partial charge in [0.05, 0.1) is 11.6 Å². The minimum atomic E-state index is 0.306. The minimum absolute atomic E-state index is 0.306. The molecule has 0 bridgehead atoms. The number of nitrogens with one attached hydrogen (secondary N) is 1. The summed E-state index contributed by atoms with van der Waals surface area (Å²) < 4.78 is 6.35. The van der Waals surface area contributed by atoms with Crippen molar-refractivity contribution in [3.05, 3.63) is 28.2 Å². The van der Waals surface area contributed by atoms with Crippen molar-refractivity contribution in [2.24, 2.45) is 5.92 Å². The topological polar surface area (TPSA) is 24.5 Å². The first-order chi connectivity index (χ1) is 10.1. The van der Waals surface area contributed by atoms with Gasteiger partial charge in [-0.1, -0.05) is 6.07 Å². The molecule has 0 amide bonds. The fraction of sp³-hybridized carbons (Fsp3) is 0.647. The van der Waals surface area contributed by atoms with Crippen LogP contribution in [0.4, 0.5) is 0 Å². The van der Waals surface area contributed by atoms with Gasteiger partial charge in [-0.2, -0.15) is 0 Å². The predicted octanol–water partition coefficient (Wildman–Crippen LogP) is 3.42. The number of halogens is 1. The number of rotatable bonds is 4. The molecule has 4 heteroatoms. The molecule has 1 saturated heterocycles. The Morgan fingerprint density at radius 1 is 1.43 bits per heavy atom. The van der Waals surface area contributed by atoms with E-state index in [1.807, 2.05) is 0 Å². The van der Waals surface area contributed by atoms with Gasteiger partial charge in [0, 0.05) is 18.6 Å². The third-order valence-corrected chi connectivity index (χ3v) is 5.45. The fourth-order valence-corrected chi connectivity index (χ4v) is 4.06. The molecule has 116 valence electrons. The van der Waals surface area contributed by atoms with Crippen LogP contribution in [0.2, 0.25) is 0 Å². The van der Waals surface area contributed by atoms with E-state index < -0.39 is 0 Å². The summed E-state index contributed by atoms with van der Waals surface area (Å²) in [6, 6.07) is 6.41. The summed E-state index contributed by atoms with van der Waals surface area (Å²) in [6.07, 6.45) is 4.02. The SMILES string of the molecule is COc1ccc(CN2CCCNC(C)(C3CC3)C2)cc1Br. The van der Waals surface area contributed by atoms with E-state index in [0.29, 0.717) is 5.54 Å². The molecule has 0 aromatic heterocycles. The maximum Gasteiger partial charge on any atom is 0.133 e. The Bertz CT molecular complexity index is 504. The molecule has 1 unspecified atom stereocenters. The first kappa shape index (κ1) is 15.3. The largest absolute Gasteiger partial charge is 0.496 e. The van der Waals surface area contributed by atoms with Gasteiger partial charge in [-0.15, -0.1) is 0 Å². The highest BCUT2D eigenvalue weighted by Crippen LogP contribution is 2.40. The number of hydrogen-bond donors (Lipinski definition) is 1. The first-order valence-corrected chi connectivity index (χ1v) is 8.70. The van der Waals surface area contributed by atoms with Crippen LogP contribution in [0.5, 0.6) is 5.75 Å². The van der Waals surface area contributed by atoms with Gasteiger partial charge in [-0.3, -0.25) is 4.90 Å². The molecule has 1 aliphatic heterocycles. The quantitative estimate of drug-likeness (QED) is 0.898. The van der Waals surface area contributed by atoms with Gasteiger partial charge in [-0.05, 0) is 78.8 Å². The second kappa shape index (κ2) is 6.27. The number of methoxy groups -OCH3 is 1. The Morgan fingerprint density at radius 3 is 2.90 bits per heavy atom. The van der Waals surface area contributed by atoms with Gasteiger partial charge in [0.25, 0.3) is 0 Å². The van der Waals surface area contributed by atoms with Crippen LogP contribution in [-0.2, 0) is 6.54 Å². The molecule has 2 aliphatic rings. The minimum Gasteiger partial charge on any atom is -0.496 e. The van der Waals surface area contributed by atoms with Gasteiger partial charge >= 0.3 is 0 Å². The molecule has 3 rings (SSSR count). The van der Waals surface area contributed by atoms with Crippen LogP contribution in [0.15, 0.2) is 22.7 Å². The highest BCUT2D eigenvalue weighted by Gasteiger charge is 2.42. The Kier molecular flexibility index (Phi) is 4.57. The van der Waals surface area contributed by atoms with E-state index in [2.05, 4.69) is 51.3 Å². The molecule has 1 N–H and O–H groups in total. The third kappa shape index (κ3) is 3.61. The normalized spacial score (nSPS) is 27.4. The molecule has 1 aliphatic carbocycles. The number of nitrogens with zero attached hydrogens (tertiary/aromatic N) is 1. The van der Waals surface area contributed by atoms with E-state index >= 15 is 0 Å². The fourth-order valence-electron chi connectivity index (χ4n) is 3.47. The van der Waals surface area contributed by atoms with E-state index in [4.69, 9.17) is 4.74 Å². The molecule has 21 heavy (non-hydrogen) atoms. The van der Waals surface area contributed by atoms with Crippen LogP contribution in [-0.4, -0.2) is 37.2 Å². The van der Waals surface area contributed by atoms with Crippen molar-refractivity contribution < 1.29 is 4.74 Å². The Hall–Kier alpha value is -0.580. The van der Waals surface area contributed by atoms with Crippen molar-refractivity contribution in [3.63, 3.8) is 0 Å². The zero-order chi connectivity index (χ0) is 14.9. The summed E-state index contributed by atoms with van der Waals surface area (Å²) >= 11 is 3.59. The van der Waals surface area contributed by atoms with Crippen molar-refractivity contribution >= 4 is 15.9 Å². The maximum absolute atomic E-state index is 5.31. The zero-order valence-electron chi connectivity index (χ0n) is 13.0. The van der Waals surface area contributed by atoms with E-state index in [-0.39, 0.29) is 0 Å². The molecule has 3 nitrogen and oxygen atoms in total.